The topological polar surface area (TPSA) is 3.24 Å². The quantitative estimate of drug-likeness (QED) is 0.0661. The largest absolute Gasteiger partial charge is 0.471 e. The zero-order valence-electron chi connectivity index (χ0n) is 18.9. The molecule has 0 radical (unpaired) electrons. The van der Waals surface area contributed by atoms with Crippen molar-refractivity contribution in [2.45, 2.75) is 17.8 Å². The maximum absolute atomic E-state index is 15.6. The highest BCUT2D eigenvalue weighted by Crippen LogP contribution is 2.56. The van der Waals surface area contributed by atoms with Gasteiger partial charge in [-0.05, 0) is 0 Å². The Kier molecular flexibility index (Phi) is 8.14. The van der Waals surface area contributed by atoms with E-state index in [9.17, 15) is 87.8 Å². The Balaban J connectivity index is 3.03. The van der Waals surface area contributed by atoms with Crippen LogP contribution in [0.25, 0.3) is 0 Å². The van der Waals surface area contributed by atoms with E-state index in [4.69, 9.17) is 0 Å². The minimum Gasteiger partial charge on any atom is -0.203 e. The van der Waals surface area contributed by atoms with Gasteiger partial charge in [0.1, 0.15) is 0 Å². The lowest BCUT2D eigenvalue weighted by Gasteiger charge is -2.43. The maximum atomic E-state index is 15.6. The van der Waals surface area contributed by atoms with Crippen molar-refractivity contribution in [2.24, 2.45) is 0 Å². The molecular weight excluding hydrogens is 665 g/mol. The molecule has 236 valence electrons. The molecule has 0 saturated carbocycles. The molecule has 0 spiro atoms. The maximum Gasteiger partial charge on any atom is 0.471 e. The first-order valence-corrected chi connectivity index (χ1v) is 9.90. The van der Waals surface area contributed by atoms with E-state index < -0.39 is 127 Å². The Bertz CT molecular complexity index is 1400. The molecule has 0 N–H and O–H groups in total. The summed E-state index contributed by atoms with van der Waals surface area (Å²) in [6, 6.07) is -7.85. The second-order valence-corrected chi connectivity index (χ2v) is 7.86. The van der Waals surface area contributed by atoms with E-state index in [2.05, 4.69) is 0 Å². The SMILES string of the molecule is Fc1c(F)c(F)c(C(c2c(F)c(F)c(F)c(F)c2F)(c2c(F)c(F)c(F)c(F)c2F)N(F)C(F)(F)C(F)(F)F)c(F)c1F. The zero-order chi connectivity index (χ0) is 33.5. The van der Waals surface area contributed by atoms with Crippen molar-refractivity contribution >= 4 is 0 Å². The molecule has 0 amide bonds. The van der Waals surface area contributed by atoms with Crippen LogP contribution in [0, 0.1) is 87.3 Å². The van der Waals surface area contributed by atoms with Gasteiger partial charge in [0.25, 0.3) is 0 Å². The molecule has 0 unspecified atom stereocenters. The molecular formula is C21F21N. The molecule has 0 bridgehead atoms. The van der Waals surface area contributed by atoms with Crippen molar-refractivity contribution < 1.29 is 92.3 Å². The Morgan fingerprint density at radius 3 is 0.628 bits per heavy atom. The van der Waals surface area contributed by atoms with Crippen LogP contribution in [0.2, 0.25) is 0 Å². The molecule has 3 aromatic carbocycles. The predicted octanol–water partition coefficient (Wildman–Crippen LogP) is 8.41. The third kappa shape index (κ3) is 4.34. The first kappa shape index (κ1) is 33.6. The fraction of sp³-hybridized carbons (Fsp3) is 0.143. The van der Waals surface area contributed by atoms with Gasteiger partial charge in [-0.2, -0.15) is 22.0 Å². The van der Waals surface area contributed by atoms with Gasteiger partial charge in [-0.25, -0.2) is 65.9 Å². The second-order valence-electron chi connectivity index (χ2n) is 7.86. The fourth-order valence-corrected chi connectivity index (χ4v) is 3.76. The smallest absolute Gasteiger partial charge is 0.203 e. The van der Waals surface area contributed by atoms with Crippen LogP contribution in [0.1, 0.15) is 16.7 Å². The van der Waals surface area contributed by atoms with Gasteiger partial charge in [-0.15, -0.1) is 4.48 Å². The molecule has 22 heteroatoms. The van der Waals surface area contributed by atoms with Crippen LogP contribution in [0.4, 0.5) is 92.3 Å². The third-order valence-corrected chi connectivity index (χ3v) is 5.60. The number of nitrogens with zero attached hydrogens (tertiary/aromatic N) is 1. The van der Waals surface area contributed by atoms with Gasteiger partial charge in [0, 0.05) is 0 Å². The summed E-state index contributed by atoms with van der Waals surface area (Å²) in [4.78, 5) is 0. The van der Waals surface area contributed by atoms with Crippen LogP contribution >= 0.6 is 0 Å². The summed E-state index contributed by atoms with van der Waals surface area (Å²) < 4.78 is 299. The van der Waals surface area contributed by atoms with Crippen molar-refractivity contribution in [1.82, 2.24) is 5.12 Å². The van der Waals surface area contributed by atoms with Gasteiger partial charge in [-0.3, -0.25) is 0 Å². The van der Waals surface area contributed by atoms with Gasteiger partial charge < -0.3 is 0 Å². The van der Waals surface area contributed by atoms with Crippen LogP contribution in [0.5, 0.6) is 0 Å². The molecule has 1 nitrogen and oxygen atoms in total. The van der Waals surface area contributed by atoms with Gasteiger partial charge in [0.15, 0.2) is 75.3 Å². The monoisotopic (exact) mass is 665 g/mol. The predicted molar refractivity (Wildman–Crippen MR) is 92.5 cm³/mol. The van der Waals surface area contributed by atoms with Crippen LogP contribution in [-0.4, -0.2) is 17.3 Å². The first-order chi connectivity index (χ1) is 19.4. The van der Waals surface area contributed by atoms with Crippen molar-refractivity contribution in [3.63, 3.8) is 0 Å². The van der Waals surface area contributed by atoms with E-state index >= 15 is 4.48 Å². The van der Waals surface area contributed by atoms with E-state index in [0.29, 0.717) is 0 Å². The molecule has 0 aliphatic carbocycles. The van der Waals surface area contributed by atoms with Gasteiger partial charge in [-0.1, -0.05) is 5.12 Å². The van der Waals surface area contributed by atoms with Crippen LogP contribution in [0.3, 0.4) is 0 Å². The van der Waals surface area contributed by atoms with E-state index in [1.807, 2.05) is 0 Å². The van der Waals surface area contributed by atoms with Crippen LogP contribution in [-0.2, 0) is 5.54 Å². The average molecular weight is 665 g/mol. The van der Waals surface area contributed by atoms with Crippen molar-refractivity contribution in [3.05, 3.63) is 104 Å². The highest BCUT2D eigenvalue weighted by Gasteiger charge is 2.72. The molecule has 0 fully saturated rings. The third-order valence-electron chi connectivity index (χ3n) is 5.60. The lowest BCUT2D eigenvalue weighted by atomic mass is 9.74. The molecule has 0 aliphatic heterocycles. The van der Waals surface area contributed by atoms with Crippen molar-refractivity contribution in [1.29, 1.82) is 0 Å². The summed E-state index contributed by atoms with van der Waals surface area (Å²) >= 11 is 0. The van der Waals surface area contributed by atoms with Gasteiger partial charge in [0.05, 0.1) is 16.7 Å². The number of hydrogen-bond donors (Lipinski definition) is 0. The van der Waals surface area contributed by atoms with Crippen LogP contribution < -0.4 is 0 Å². The molecule has 3 rings (SSSR count). The molecule has 0 aromatic heterocycles. The highest BCUT2D eigenvalue weighted by molar-refractivity contribution is 5.54. The Labute approximate surface area is 220 Å². The van der Waals surface area contributed by atoms with Gasteiger partial charge >= 0.3 is 12.2 Å². The summed E-state index contributed by atoms with van der Waals surface area (Å²) in [5, 5.41) is -3.96. The molecule has 0 atom stereocenters. The Morgan fingerprint density at radius 2 is 0.465 bits per heavy atom. The number of alkyl halides is 5. The summed E-state index contributed by atoms with van der Waals surface area (Å²) in [7, 11) is 0. The van der Waals surface area contributed by atoms with Gasteiger partial charge in [0.2, 0.25) is 17.5 Å². The molecule has 0 heterocycles. The lowest BCUT2D eigenvalue weighted by Crippen LogP contribution is -2.60. The number of hydrogen-bond acceptors (Lipinski definition) is 1. The number of rotatable bonds is 5. The molecule has 0 aliphatic rings. The number of halogens is 21. The highest BCUT2D eigenvalue weighted by atomic mass is 19.4. The fourth-order valence-electron chi connectivity index (χ4n) is 3.76. The molecule has 3 aromatic rings. The lowest BCUT2D eigenvalue weighted by molar-refractivity contribution is -0.395. The van der Waals surface area contributed by atoms with Crippen molar-refractivity contribution in [2.75, 3.05) is 0 Å². The molecule has 43 heavy (non-hydrogen) atoms. The van der Waals surface area contributed by atoms with E-state index in [0.717, 1.165) is 0 Å². The van der Waals surface area contributed by atoms with E-state index in [1.54, 1.807) is 0 Å². The molecule has 0 saturated heterocycles. The minimum absolute atomic E-state index is 3.49. The zero-order valence-corrected chi connectivity index (χ0v) is 18.9. The van der Waals surface area contributed by atoms with E-state index in [1.165, 1.54) is 0 Å². The Hall–Kier alpha value is -3.85. The minimum atomic E-state index is -7.85. The van der Waals surface area contributed by atoms with Crippen LogP contribution in [0.15, 0.2) is 0 Å². The first-order valence-electron chi connectivity index (χ1n) is 9.90. The average Bonchev–Trinajstić information content (AvgIpc) is 2.93. The van der Waals surface area contributed by atoms with Crippen molar-refractivity contribution in [3.8, 4) is 0 Å². The summed E-state index contributed by atoms with van der Waals surface area (Å²) in [5.41, 5.74) is -19.1. The summed E-state index contributed by atoms with van der Waals surface area (Å²) in [5.74, 6) is -57.1. The Morgan fingerprint density at radius 1 is 0.302 bits per heavy atom. The second kappa shape index (κ2) is 10.4. The standard InChI is InChI=1S/C21F21N/c22-4-1(5(23)11(29)16(34)10(4)28)19(43(42)21(40,41)20(37,38)39,2-6(24)12(30)17(35)13(31)7(2)25)3-8(26)14(32)18(36)15(33)9(3)27. The van der Waals surface area contributed by atoms with E-state index in [-0.39, 0.29) is 0 Å². The summed E-state index contributed by atoms with van der Waals surface area (Å²) in [6.45, 7) is 0. The number of benzene rings is 3. The normalized spacial score (nSPS) is 13.0. The summed E-state index contributed by atoms with van der Waals surface area (Å²) in [6.07, 6.45) is -7.72.